The van der Waals surface area contributed by atoms with E-state index in [9.17, 15) is 0 Å². The molecule has 0 atom stereocenters. The highest BCUT2D eigenvalue weighted by Gasteiger charge is 2.39. The van der Waals surface area contributed by atoms with Crippen LogP contribution in [0.15, 0.2) is 170 Å². The van der Waals surface area contributed by atoms with Gasteiger partial charge in [0.05, 0.1) is 16.7 Å². The summed E-state index contributed by atoms with van der Waals surface area (Å²) in [5.74, 6) is 0. The van der Waals surface area contributed by atoms with Gasteiger partial charge in [0.15, 0.2) is 0 Å². The third-order valence-corrected chi connectivity index (χ3v) is 12.6. The third-order valence-electron chi connectivity index (χ3n) is 12.6. The zero-order chi connectivity index (χ0) is 36.3. The van der Waals surface area contributed by atoms with Crippen molar-refractivity contribution in [3.63, 3.8) is 0 Å². The number of nitrogens with zero attached hydrogens (tertiary/aromatic N) is 2. The van der Waals surface area contributed by atoms with Crippen LogP contribution in [0.25, 0.3) is 60.5 Å². The van der Waals surface area contributed by atoms with E-state index < -0.39 is 0 Å². The van der Waals surface area contributed by atoms with E-state index >= 15 is 0 Å². The minimum absolute atomic E-state index is 0.0955. The molecule has 2 nitrogen and oxygen atoms in total. The molecule has 0 spiro atoms. The van der Waals surface area contributed by atoms with Gasteiger partial charge in [-0.15, -0.1) is 0 Å². The van der Waals surface area contributed by atoms with Crippen LogP contribution in [0.5, 0.6) is 0 Å². The summed E-state index contributed by atoms with van der Waals surface area (Å²) in [6.45, 7) is 9.52. The van der Waals surface area contributed by atoms with E-state index in [1.807, 2.05) is 0 Å². The van der Waals surface area contributed by atoms with E-state index in [0.717, 1.165) is 11.4 Å². The number of hydrogen-bond donors (Lipinski definition) is 0. The molecule has 54 heavy (non-hydrogen) atoms. The standard InChI is InChI=1S/C52H40N2/c1-51(2)43-19-10-7-16-38(43)39-28-26-36(31-45(39)51)53(35-25-24-33-14-5-6-15-34(33)30-35)37-27-29-42-46(32-37)52(3,4)44-20-13-23-49(50(42)44)54-47-21-11-8-17-40(47)41-18-9-12-22-48(41)54/h5-32H,1-4H3. The highest BCUT2D eigenvalue weighted by molar-refractivity contribution is 6.10. The van der Waals surface area contributed by atoms with Crippen molar-refractivity contribution in [1.82, 2.24) is 4.57 Å². The Morgan fingerprint density at radius 3 is 1.65 bits per heavy atom. The molecule has 0 bridgehead atoms. The van der Waals surface area contributed by atoms with Crippen LogP contribution >= 0.6 is 0 Å². The first-order valence-corrected chi connectivity index (χ1v) is 19.1. The summed E-state index contributed by atoms with van der Waals surface area (Å²) in [5, 5.41) is 5.05. The van der Waals surface area contributed by atoms with Crippen molar-refractivity contribution in [3.8, 4) is 27.9 Å². The van der Waals surface area contributed by atoms with Crippen LogP contribution in [0.2, 0.25) is 0 Å². The van der Waals surface area contributed by atoms with Crippen LogP contribution in [0.1, 0.15) is 49.9 Å². The molecule has 0 N–H and O–H groups in total. The lowest BCUT2D eigenvalue weighted by atomic mass is 9.82. The third kappa shape index (κ3) is 4.23. The Morgan fingerprint density at radius 2 is 0.907 bits per heavy atom. The summed E-state index contributed by atoms with van der Waals surface area (Å²) in [6.07, 6.45) is 0. The number of anilines is 3. The van der Waals surface area contributed by atoms with Crippen molar-refractivity contribution in [1.29, 1.82) is 0 Å². The van der Waals surface area contributed by atoms with Gasteiger partial charge in [0.2, 0.25) is 0 Å². The van der Waals surface area contributed by atoms with Crippen molar-refractivity contribution in [2.45, 2.75) is 38.5 Å². The highest BCUT2D eigenvalue weighted by atomic mass is 15.1. The fourth-order valence-electron chi connectivity index (χ4n) is 9.86. The van der Waals surface area contributed by atoms with E-state index in [1.54, 1.807) is 0 Å². The lowest BCUT2D eigenvalue weighted by Crippen LogP contribution is -2.18. The number of rotatable bonds is 4. The van der Waals surface area contributed by atoms with Crippen LogP contribution in [0, 0.1) is 0 Å². The Morgan fingerprint density at radius 1 is 0.389 bits per heavy atom. The fourth-order valence-corrected chi connectivity index (χ4v) is 9.86. The molecule has 2 heteroatoms. The quantitative estimate of drug-likeness (QED) is 0.178. The first-order valence-electron chi connectivity index (χ1n) is 19.1. The largest absolute Gasteiger partial charge is 0.310 e. The molecule has 0 fully saturated rings. The zero-order valence-electron chi connectivity index (χ0n) is 31.1. The molecule has 0 amide bonds. The highest BCUT2D eigenvalue weighted by Crippen LogP contribution is 2.55. The molecule has 9 aromatic rings. The maximum Gasteiger partial charge on any atom is 0.0543 e. The topological polar surface area (TPSA) is 8.17 Å². The molecule has 0 unspecified atom stereocenters. The average Bonchev–Trinajstić information content (AvgIpc) is 3.75. The van der Waals surface area contributed by atoms with Gasteiger partial charge in [0, 0.05) is 44.2 Å². The molecule has 1 aromatic heterocycles. The van der Waals surface area contributed by atoms with Crippen molar-refractivity contribution in [2.75, 3.05) is 4.90 Å². The maximum atomic E-state index is 2.48. The van der Waals surface area contributed by atoms with Gasteiger partial charge >= 0.3 is 0 Å². The van der Waals surface area contributed by atoms with E-state index in [1.165, 1.54) is 88.5 Å². The minimum Gasteiger partial charge on any atom is -0.310 e. The van der Waals surface area contributed by atoms with Crippen LogP contribution in [0.4, 0.5) is 17.1 Å². The predicted octanol–water partition coefficient (Wildman–Crippen LogP) is 14.0. The summed E-state index contributed by atoms with van der Waals surface area (Å²) in [5.41, 5.74) is 17.7. The van der Waals surface area contributed by atoms with Crippen LogP contribution in [0.3, 0.4) is 0 Å². The van der Waals surface area contributed by atoms with Crippen molar-refractivity contribution < 1.29 is 0 Å². The smallest absolute Gasteiger partial charge is 0.0543 e. The van der Waals surface area contributed by atoms with Gasteiger partial charge in [0.25, 0.3) is 0 Å². The molecule has 8 aromatic carbocycles. The molecule has 0 radical (unpaired) electrons. The number of hydrogen-bond acceptors (Lipinski definition) is 1. The van der Waals surface area contributed by atoms with Gasteiger partial charge in [-0.1, -0.05) is 143 Å². The Labute approximate surface area is 316 Å². The molecule has 2 aliphatic carbocycles. The van der Waals surface area contributed by atoms with E-state index in [4.69, 9.17) is 0 Å². The fraction of sp³-hybridized carbons (Fsp3) is 0.115. The first-order chi connectivity index (χ1) is 26.3. The number of aromatic nitrogens is 1. The lowest BCUT2D eigenvalue weighted by molar-refractivity contribution is 0.660. The zero-order valence-corrected chi connectivity index (χ0v) is 31.1. The van der Waals surface area contributed by atoms with Gasteiger partial charge in [-0.3, -0.25) is 0 Å². The summed E-state index contributed by atoms with van der Waals surface area (Å²) in [4.78, 5) is 2.47. The average molecular weight is 693 g/mol. The second-order valence-corrected chi connectivity index (χ2v) is 16.2. The second kappa shape index (κ2) is 11.1. The monoisotopic (exact) mass is 692 g/mol. The number of fused-ring (bicyclic) bond motifs is 10. The summed E-state index contributed by atoms with van der Waals surface area (Å²) in [7, 11) is 0. The van der Waals surface area contributed by atoms with Gasteiger partial charge in [-0.05, 0) is 104 Å². The minimum atomic E-state index is -0.202. The molecule has 11 rings (SSSR count). The number of benzene rings is 8. The van der Waals surface area contributed by atoms with Gasteiger partial charge < -0.3 is 9.47 Å². The van der Waals surface area contributed by atoms with Crippen LogP contribution < -0.4 is 4.90 Å². The van der Waals surface area contributed by atoms with Crippen molar-refractivity contribution in [3.05, 3.63) is 192 Å². The van der Waals surface area contributed by atoms with Crippen LogP contribution in [-0.2, 0) is 10.8 Å². The first kappa shape index (κ1) is 31.2. The molecule has 2 aliphatic rings. The van der Waals surface area contributed by atoms with Crippen LogP contribution in [-0.4, -0.2) is 4.57 Å². The molecule has 1 heterocycles. The Kier molecular flexibility index (Phi) is 6.39. The van der Waals surface area contributed by atoms with Gasteiger partial charge in [-0.25, -0.2) is 0 Å². The summed E-state index contributed by atoms with van der Waals surface area (Å²) in [6, 6.07) is 63.3. The Hall–Kier alpha value is -6.38. The van der Waals surface area contributed by atoms with E-state index in [0.29, 0.717) is 0 Å². The van der Waals surface area contributed by atoms with Gasteiger partial charge in [0.1, 0.15) is 0 Å². The van der Waals surface area contributed by atoms with E-state index in [2.05, 4.69) is 207 Å². The molecular formula is C52H40N2. The van der Waals surface area contributed by atoms with Crippen molar-refractivity contribution in [2.24, 2.45) is 0 Å². The SMILES string of the molecule is CC1(C)c2ccccc2-c2ccc(N(c3ccc4c(c3)C(C)(C)c3cccc(-n5c6ccccc6c6ccccc65)c3-4)c3ccc4ccccc4c3)cc21. The second-order valence-electron chi connectivity index (χ2n) is 16.2. The molecule has 258 valence electrons. The number of para-hydroxylation sites is 2. The molecular weight excluding hydrogens is 653 g/mol. The molecule has 0 saturated carbocycles. The van der Waals surface area contributed by atoms with Gasteiger partial charge in [-0.2, -0.15) is 0 Å². The van der Waals surface area contributed by atoms with Crippen molar-refractivity contribution >= 4 is 49.6 Å². The Balaban J connectivity index is 1.12. The maximum absolute atomic E-state index is 2.48. The predicted molar refractivity (Wildman–Crippen MR) is 228 cm³/mol. The lowest BCUT2D eigenvalue weighted by Gasteiger charge is -2.30. The normalized spacial score (nSPS) is 14.6. The Bertz CT molecular complexity index is 2960. The molecule has 0 saturated heterocycles. The summed E-state index contributed by atoms with van der Waals surface area (Å²) >= 11 is 0. The summed E-state index contributed by atoms with van der Waals surface area (Å²) < 4.78 is 2.48. The van der Waals surface area contributed by atoms with E-state index in [-0.39, 0.29) is 10.8 Å². The molecule has 0 aliphatic heterocycles.